The molecule has 45 heavy (non-hydrogen) atoms. The number of esters is 1. The van der Waals surface area contributed by atoms with Crippen molar-refractivity contribution in [3.8, 4) is 0 Å². The number of alkyl halides is 6. The Morgan fingerprint density at radius 1 is 0.911 bits per heavy atom. The minimum Gasteiger partial charge on any atom is -0.465 e. The predicted octanol–water partition coefficient (Wildman–Crippen LogP) is 7.36. The number of carbonyl (C=O) groups excluding carboxylic acids is 2. The smallest absolute Gasteiger partial charge is 0.416 e. The SMILES string of the molecule is COC(=O)c1cccc(C(CCN2CCC3(C=Cc4ccccc43)CC2)C(=O)NCc2cc(C(F)(F)F)cc(C(F)(F)F)c2)c1. The van der Waals surface area contributed by atoms with Crippen molar-refractivity contribution >= 4 is 18.0 Å². The van der Waals surface area contributed by atoms with Crippen LogP contribution in [0.4, 0.5) is 26.3 Å². The van der Waals surface area contributed by atoms with Crippen LogP contribution >= 0.6 is 0 Å². The summed E-state index contributed by atoms with van der Waals surface area (Å²) in [5.74, 6) is -2.01. The lowest BCUT2D eigenvalue weighted by Gasteiger charge is -2.39. The highest BCUT2D eigenvalue weighted by Crippen LogP contribution is 2.44. The van der Waals surface area contributed by atoms with Gasteiger partial charge in [-0.15, -0.1) is 0 Å². The maximum Gasteiger partial charge on any atom is 0.416 e. The van der Waals surface area contributed by atoms with Gasteiger partial charge < -0.3 is 15.0 Å². The normalized spacial score (nSPS) is 16.8. The van der Waals surface area contributed by atoms with Gasteiger partial charge in [0.15, 0.2) is 0 Å². The zero-order valence-electron chi connectivity index (χ0n) is 24.5. The summed E-state index contributed by atoms with van der Waals surface area (Å²) < 4.78 is 85.0. The summed E-state index contributed by atoms with van der Waals surface area (Å²) in [6, 6.07) is 15.9. The van der Waals surface area contributed by atoms with Gasteiger partial charge in [-0.05, 0) is 91.5 Å². The quantitative estimate of drug-likeness (QED) is 0.209. The van der Waals surface area contributed by atoms with Crippen LogP contribution in [0.1, 0.15) is 68.9 Å². The van der Waals surface area contributed by atoms with Gasteiger partial charge in [0.1, 0.15) is 0 Å². The zero-order valence-corrected chi connectivity index (χ0v) is 24.5. The number of piperidine rings is 1. The van der Waals surface area contributed by atoms with E-state index in [0.717, 1.165) is 25.9 Å². The van der Waals surface area contributed by atoms with Crippen LogP contribution in [0.3, 0.4) is 0 Å². The molecule has 238 valence electrons. The number of hydrogen-bond donors (Lipinski definition) is 1. The molecule has 1 unspecified atom stereocenters. The van der Waals surface area contributed by atoms with Crippen LogP contribution in [0.5, 0.6) is 0 Å². The van der Waals surface area contributed by atoms with Crippen LogP contribution in [0.2, 0.25) is 0 Å². The van der Waals surface area contributed by atoms with E-state index in [0.29, 0.717) is 30.7 Å². The summed E-state index contributed by atoms with van der Waals surface area (Å²) in [5.41, 5.74) is -0.0413. The molecule has 1 spiro atoms. The molecule has 0 radical (unpaired) electrons. The van der Waals surface area contributed by atoms with Crippen LogP contribution < -0.4 is 5.32 Å². The third-order valence-electron chi connectivity index (χ3n) is 8.70. The Hall–Kier alpha value is -4.12. The number of amides is 1. The predicted molar refractivity (Wildman–Crippen MR) is 156 cm³/mol. The summed E-state index contributed by atoms with van der Waals surface area (Å²) in [5, 5.41) is 2.54. The molecule has 1 aliphatic heterocycles. The molecular weight excluding hydrogens is 598 g/mol. The summed E-state index contributed by atoms with van der Waals surface area (Å²) in [7, 11) is 1.23. The lowest BCUT2D eigenvalue weighted by molar-refractivity contribution is -0.143. The number of carbonyl (C=O) groups is 2. The number of methoxy groups -OCH3 is 1. The number of fused-ring (bicyclic) bond motifs is 2. The molecule has 5 rings (SSSR count). The van der Waals surface area contributed by atoms with Gasteiger partial charge in [-0.25, -0.2) is 4.79 Å². The van der Waals surface area contributed by atoms with Gasteiger partial charge in [0.2, 0.25) is 5.91 Å². The van der Waals surface area contributed by atoms with E-state index >= 15 is 0 Å². The van der Waals surface area contributed by atoms with Gasteiger partial charge in [-0.3, -0.25) is 4.79 Å². The molecule has 1 N–H and O–H groups in total. The molecular formula is C34H32F6N2O3. The van der Waals surface area contributed by atoms with Crippen molar-refractivity contribution in [1.82, 2.24) is 10.2 Å². The highest BCUT2D eigenvalue weighted by molar-refractivity contribution is 5.90. The van der Waals surface area contributed by atoms with E-state index in [1.54, 1.807) is 12.1 Å². The molecule has 1 fully saturated rings. The van der Waals surface area contributed by atoms with Gasteiger partial charge in [0, 0.05) is 12.0 Å². The Kier molecular flexibility index (Phi) is 9.11. The van der Waals surface area contributed by atoms with Crippen LogP contribution in [0.15, 0.2) is 72.8 Å². The van der Waals surface area contributed by atoms with E-state index < -0.39 is 47.8 Å². The Labute approximate surface area is 256 Å². The summed E-state index contributed by atoms with van der Waals surface area (Å²) in [4.78, 5) is 28.0. The van der Waals surface area contributed by atoms with Crippen LogP contribution in [-0.2, 0) is 33.8 Å². The molecule has 1 heterocycles. The summed E-state index contributed by atoms with van der Waals surface area (Å²) >= 11 is 0. The number of likely N-dealkylation sites (tertiary alicyclic amines) is 1. The number of nitrogens with zero attached hydrogens (tertiary/aromatic N) is 1. The average molecular weight is 631 g/mol. The monoisotopic (exact) mass is 630 g/mol. The van der Waals surface area contributed by atoms with Crippen molar-refractivity contribution in [2.24, 2.45) is 0 Å². The number of halogens is 6. The molecule has 0 bridgehead atoms. The molecule has 5 nitrogen and oxygen atoms in total. The maximum absolute atomic E-state index is 13.5. The molecule has 1 atom stereocenters. The van der Waals surface area contributed by atoms with E-state index in [9.17, 15) is 35.9 Å². The Morgan fingerprint density at radius 2 is 1.58 bits per heavy atom. The van der Waals surface area contributed by atoms with Crippen molar-refractivity contribution in [2.75, 3.05) is 26.7 Å². The number of hydrogen-bond acceptors (Lipinski definition) is 4. The first kappa shape index (κ1) is 32.3. The molecule has 2 aliphatic rings. The van der Waals surface area contributed by atoms with Crippen LogP contribution in [0.25, 0.3) is 6.08 Å². The molecule has 11 heteroatoms. The maximum atomic E-state index is 13.5. The molecule has 1 amide bonds. The highest BCUT2D eigenvalue weighted by atomic mass is 19.4. The van der Waals surface area contributed by atoms with Gasteiger partial charge in [-0.1, -0.05) is 48.6 Å². The second-order valence-electron chi connectivity index (χ2n) is 11.5. The van der Waals surface area contributed by atoms with Crippen molar-refractivity contribution < 1.29 is 40.7 Å². The Bertz CT molecular complexity index is 1560. The van der Waals surface area contributed by atoms with E-state index in [1.807, 2.05) is 12.1 Å². The largest absolute Gasteiger partial charge is 0.465 e. The lowest BCUT2D eigenvalue weighted by Crippen LogP contribution is -2.42. The zero-order chi connectivity index (χ0) is 32.4. The van der Waals surface area contributed by atoms with Gasteiger partial charge in [0.05, 0.1) is 29.7 Å². The third-order valence-corrected chi connectivity index (χ3v) is 8.70. The first-order valence-corrected chi connectivity index (χ1v) is 14.5. The van der Waals surface area contributed by atoms with Gasteiger partial charge >= 0.3 is 18.3 Å². The van der Waals surface area contributed by atoms with Crippen LogP contribution in [-0.4, -0.2) is 43.5 Å². The first-order valence-electron chi connectivity index (χ1n) is 14.5. The van der Waals surface area contributed by atoms with E-state index in [2.05, 4.69) is 34.5 Å². The lowest BCUT2D eigenvalue weighted by atomic mass is 9.74. The highest BCUT2D eigenvalue weighted by Gasteiger charge is 2.39. The fourth-order valence-corrected chi connectivity index (χ4v) is 6.24. The van der Waals surface area contributed by atoms with Crippen LogP contribution in [0, 0.1) is 0 Å². The Morgan fingerprint density at radius 3 is 2.22 bits per heavy atom. The molecule has 3 aromatic carbocycles. The van der Waals surface area contributed by atoms with E-state index in [4.69, 9.17) is 4.74 Å². The standard InChI is InChI=1S/C34H32F6N2O3/c1-45-31(44)25-7-4-6-24(19-25)28(10-14-42-15-12-32(13-16-42)11-9-23-5-2-3-8-29(23)32)30(43)41-21-22-17-26(33(35,36)37)20-27(18-22)34(38,39)40/h2-9,11,17-20,28H,10,12-16,21H2,1H3,(H,41,43). The number of benzene rings is 3. The molecule has 0 saturated carbocycles. The second-order valence-corrected chi connectivity index (χ2v) is 11.5. The van der Waals surface area contributed by atoms with Crippen molar-refractivity contribution in [3.63, 3.8) is 0 Å². The fraction of sp³-hybridized carbons (Fsp3) is 0.353. The molecule has 1 saturated heterocycles. The van der Waals surface area contributed by atoms with Gasteiger partial charge in [0.25, 0.3) is 0 Å². The average Bonchev–Trinajstić information content (AvgIpc) is 3.37. The molecule has 1 aliphatic carbocycles. The number of allylic oxidation sites excluding steroid dienone is 1. The van der Waals surface area contributed by atoms with Crippen molar-refractivity contribution in [3.05, 3.63) is 112 Å². The van der Waals surface area contributed by atoms with E-state index in [1.165, 1.54) is 30.4 Å². The Balaban J connectivity index is 1.32. The number of nitrogens with one attached hydrogen (secondary N) is 1. The number of rotatable bonds is 8. The third kappa shape index (κ3) is 7.24. The topological polar surface area (TPSA) is 58.6 Å². The minimum atomic E-state index is -5.00. The second kappa shape index (κ2) is 12.7. The fourth-order valence-electron chi connectivity index (χ4n) is 6.24. The first-order chi connectivity index (χ1) is 21.3. The van der Waals surface area contributed by atoms with E-state index in [-0.39, 0.29) is 22.6 Å². The molecule has 0 aromatic heterocycles. The van der Waals surface area contributed by atoms with Gasteiger partial charge in [-0.2, -0.15) is 26.3 Å². The number of ether oxygens (including phenoxy) is 1. The molecule has 3 aromatic rings. The van der Waals surface area contributed by atoms with Crippen molar-refractivity contribution in [2.45, 2.75) is 49.5 Å². The summed E-state index contributed by atoms with van der Waals surface area (Å²) in [6.45, 7) is 1.53. The van der Waals surface area contributed by atoms with Crippen molar-refractivity contribution in [1.29, 1.82) is 0 Å². The minimum absolute atomic E-state index is 0.0288. The summed E-state index contributed by atoms with van der Waals surface area (Å²) in [6.07, 6.45) is -3.48.